The van der Waals surface area contributed by atoms with Gasteiger partial charge in [0.05, 0.1) is 16.7 Å². The van der Waals surface area contributed by atoms with Crippen LogP contribution in [0.1, 0.15) is 50.5 Å². The van der Waals surface area contributed by atoms with Crippen LogP contribution in [0.2, 0.25) is 0 Å². The zero-order valence-corrected chi connectivity index (χ0v) is 20.6. The van der Waals surface area contributed by atoms with Gasteiger partial charge in [-0.3, -0.25) is 14.9 Å². The van der Waals surface area contributed by atoms with Crippen LogP contribution in [0.3, 0.4) is 0 Å². The topological polar surface area (TPSA) is 97.7 Å². The number of carbonyl (C=O) groups excluding carboxylic acids is 1. The molecule has 0 radical (unpaired) electrons. The first-order valence-corrected chi connectivity index (χ1v) is 12.7. The summed E-state index contributed by atoms with van der Waals surface area (Å²) in [6.45, 7) is 2.16. The molecule has 0 bridgehead atoms. The molecule has 2 aromatic heterocycles. The molecule has 4 aromatic rings. The number of benzene rings is 2. The smallest absolute Gasteiger partial charge is 0.273 e. The summed E-state index contributed by atoms with van der Waals surface area (Å²) < 4.78 is 5.91. The van der Waals surface area contributed by atoms with Crippen LogP contribution in [0.25, 0.3) is 11.3 Å². The van der Waals surface area contributed by atoms with E-state index in [-0.39, 0.29) is 11.6 Å². The Labute approximate surface area is 212 Å². The Morgan fingerprint density at radius 1 is 1.14 bits per heavy atom. The molecule has 0 aliphatic heterocycles. The minimum Gasteiger partial charge on any atom is -0.455 e. The van der Waals surface area contributed by atoms with E-state index in [0.717, 1.165) is 36.8 Å². The molecule has 2 heterocycles. The summed E-state index contributed by atoms with van der Waals surface area (Å²) in [5.74, 6) is 0.915. The molecule has 7 nitrogen and oxygen atoms in total. The van der Waals surface area contributed by atoms with Crippen LogP contribution in [0.5, 0.6) is 0 Å². The lowest BCUT2D eigenvalue weighted by Crippen LogP contribution is -2.24. The van der Waals surface area contributed by atoms with Crippen LogP contribution in [-0.2, 0) is 19.4 Å². The highest BCUT2D eigenvalue weighted by atomic mass is 32.1. The second-order valence-corrected chi connectivity index (χ2v) is 9.86. The minimum absolute atomic E-state index is 0.0504. The fraction of sp³-hybridized carbons (Fsp3) is 0.214. The third-order valence-electron chi connectivity index (χ3n) is 6.30. The van der Waals surface area contributed by atoms with E-state index in [1.54, 1.807) is 48.7 Å². The summed E-state index contributed by atoms with van der Waals surface area (Å²) in [6, 6.07) is 18.4. The molecule has 0 atom stereocenters. The normalized spacial score (nSPS) is 13.0. The number of hydrogen-bond donors (Lipinski definition) is 1. The Hall–Kier alpha value is -4.04. The second-order valence-electron chi connectivity index (χ2n) is 8.78. The van der Waals surface area contributed by atoms with E-state index in [2.05, 4.69) is 10.3 Å². The van der Waals surface area contributed by atoms with Gasteiger partial charge >= 0.3 is 0 Å². The van der Waals surface area contributed by atoms with Crippen molar-refractivity contribution in [1.82, 2.24) is 5.32 Å². The number of aliphatic imine (C=N–C) groups is 1. The highest BCUT2D eigenvalue weighted by Crippen LogP contribution is 2.40. The number of furan rings is 1. The Balaban J connectivity index is 1.39. The Bertz CT molecular complexity index is 1450. The van der Waals surface area contributed by atoms with Crippen molar-refractivity contribution in [3.8, 4) is 11.3 Å². The van der Waals surface area contributed by atoms with E-state index < -0.39 is 4.92 Å². The standard InChI is InChI=1S/C28H25N3O4S/c1-18-11-12-20(15-23(18)31(33)34)24-14-13-21(35-24)17-30-28-26(22-9-5-6-10-25(22)36-28)27(32)29-16-19-7-3-2-4-8-19/h2-4,7-8,11-15,17H,5-6,9-10,16H2,1H3,(H,29,32). The van der Waals surface area contributed by atoms with Crippen LogP contribution < -0.4 is 5.32 Å². The summed E-state index contributed by atoms with van der Waals surface area (Å²) in [6.07, 6.45) is 5.64. The molecule has 0 spiro atoms. The molecule has 0 saturated carbocycles. The average Bonchev–Trinajstić information content (AvgIpc) is 3.51. The van der Waals surface area contributed by atoms with E-state index in [1.165, 1.54) is 10.9 Å². The fourth-order valence-electron chi connectivity index (χ4n) is 4.40. The molecule has 0 unspecified atom stereocenters. The molecule has 36 heavy (non-hydrogen) atoms. The van der Waals surface area contributed by atoms with Crippen LogP contribution in [0, 0.1) is 17.0 Å². The van der Waals surface area contributed by atoms with Gasteiger partial charge in [0, 0.05) is 28.6 Å². The summed E-state index contributed by atoms with van der Waals surface area (Å²) in [5, 5.41) is 15.0. The summed E-state index contributed by atoms with van der Waals surface area (Å²) in [7, 11) is 0. The van der Waals surface area contributed by atoms with Crippen molar-refractivity contribution in [3.63, 3.8) is 0 Å². The lowest BCUT2D eigenvalue weighted by Gasteiger charge is -2.12. The van der Waals surface area contributed by atoms with Crippen LogP contribution in [0.4, 0.5) is 10.7 Å². The van der Waals surface area contributed by atoms with Crippen molar-refractivity contribution >= 4 is 34.1 Å². The van der Waals surface area contributed by atoms with Gasteiger partial charge in [-0.1, -0.05) is 42.5 Å². The molecular weight excluding hydrogens is 474 g/mol. The second kappa shape index (κ2) is 10.3. The molecule has 0 fully saturated rings. The number of aryl methyl sites for hydroxylation is 2. The van der Waals surface area contributed by atoms with Crippen LogP contribution in [-0.4, -0.2) is 17.0 Å². The first kappa shape index (κ1) is 23.7. The van der Waals surface area contributed by atoms with Gasteiger partial charge in [0.2, 0.25) is 0 Å². The lowest BCUT2D eigenvalue weighted by molar-refractivity contribution is -0.385. The van der Waals surface area contributed by atoms with Gasteiger partial charge in [-0.25, -0.2) is 4.99 Å². The van der Waals surface area contributed by atoms with Gasteiger partial charge < -0.3 is 9.73 Å². The third kappa shape index (κ3) is 4.99. The molecule has 2 aromatic carbocycles. The highest BCUT2D eigenvalue weighted by molar-refractivity contribution is 7.16. The number of hydrogen-bond acceptors (Lipinski definition) is 6. The molecule has 5 rings (SSSR count). The zero-order chi connectivity index (χ0) is 25.1. The molecule has 1 amide bonds. The van der Waals surface area contributed by atoms with Gasteiger partial charge in [0.15, 0.2) is 0 Å². The van der Waals surface area contributed by atoms with Gasteiger partial charge in [0.25, 0.3) is 11.6 Å². The summed E-state index contributed by atoms with van der Waals surface area (Å²) in [5.41, 5.74) is 4.07. The molecule has 8 heteroatoms. The van der Waals surface area contributed by atoms with Crippen molar-refractivity contribution in [1.29, 1.82) is 0 Å². The van der Waals surface area contributed by atoms with Crippen LogP contribution in [0.15, 0.2) is 70.1 Å². The summed E-state index contributed by atoms with van der Waals surface area (Å²) >= 11 is 1.57. The molecular formula is C28H25N3O4S. The van der Waals surface area contributed by atoms with Crippen molar-refractivity contribution < 1.29 is 14.1 Å². The molecule has 1 N–H and O–H groups in total. The summed E-state index contributed by atoms with van der Waals surface area (Å²) in [4.78, 5) is 30.0. The van der Waals surface area contributed by atoms with E-state index >= 15 is 0 Å². The number of rotatable bonds is 7. The van der Waals surface area contributed by atoms with E-state index in [4.69, 9.17) is 4.42 Å². The molecule has 0 saturated heterocycles. The number of carbonyl (C=O) groups is 1. The first-order chi connectivity index (χ1) is 17.5. The Morgan fingerprint density at radius 3 is 2.75 bits per heavy atom. The van der Waals surface area contributed by atoms with Gasteiger partial charge in [-0.2, -0.15) is 0 Å². The SMILES string of the molecule is Cc1ccc(-c2ccc(C=Nc3sc4c(c3C(=O)NCc3ccccc3)CCCC4)o2)cc1[N+](=O)[O-]. The van der Waals surface area contributed by atoms with Crippen LogP contribution >= 0.6 is 11.3 Å². The highest BCUT2D eigenvalue weighted by Gasteiger charge is 2.25. The van der Waals surface area contributed by atoms with Gasteiger partial charge in [0.1, 0.15) is 16.5 Å². The number of nitro groups is 1. The minimum atomic E-state index is -0.396. The quantitative estimate of drug-likeness (QED) is 0.172. The number of amides is 1. The van der Waals surface area contributed by atoms with Crippen molar-refractivity contribution in [2.75, 3.05) is 0 Å². The van der Waals surface area contributed by atoms with E-state index in [0.29, 0.717) is 39.8 Å². The average molecular weight is 500 g/mol. The third-order valence-corrected chi connectivity index (χ3v) is 7.50. The number of fused-ring (bicyclic) bond motifs is 1. The largest absolute Gasteiger partial charge is 0.455 e. The zero-order valence-electron chi connectivity index (χ0n) is 19.8. The monoisotopic (exact) mass is 499 g/mol. The maximum absolute atomic E-state index is 13.2. The maximum atomic E-state index is 13.2. The van der Waals surface area contributed by atoms with Crippen molar-refractivity contribution in [2.24, 2.45) is 4.99 Å². The maximum Gasteiger partial charge on any atom is 0.273 e. The van der Waals surface area contributed by atoms with Gasteiger partial charge in [-0.15, -0.1) is 11.3 Å². The van der Waals surface area contributed by atoms with E-state index in [9.17, 15) is 14.9 Å². The molecule has 1 aliphatic rings. The fourth-order valence-corrected chi connectivity index (χ4v) is 5.63. The number of nitrogens with zero attached hydrogens (tertiary/aromatic N) is 2. The Morgan fingerprint density at radius 2 is 1.94 bits per heavy atom. The first-order valence-electron chi connectivity index (χ1n) is 11.9. The van der Waals surface area contributed by atoms with Gasteiger partial charge in [-0.05, 0) is 55.9 Å². The molecule has 1 aliphatic carbocycles. The van der Waals surface area contributed by atoms with Crippen molar-refractivity contribution in [3.05, 3.63) is 104 Å². The molecule has 182 valence electrons. The van der Waals surface area contributed by atoms with Crippen molar-refractivity contribution in [2.45, 2.75) is 39.2 Å². The lowest BCUT2D eigenvalue weighted by atomic mass is 9.95. The number of thiophene rings is 1. The van der Waals surface area contributed by atoms with E-state index in [1.807, 2.05) is 30.3 Å². The number of nitro benzene ring substituents is 1. The number of nitrogens with one attached hydrogen (secondary N) is 1. The predicted octanol–water partition coefficient (Wildman–Crippen LogP) is 6.78. The Kier molecular flexibility index (Phi) is 6.77. The predicted molar refractivity (Wildman–Crippen MR) is 141 cm³/mol.